The van der Waals surface area contributed by atoms with Gasteiger partial charge in [0.25, 0.3) is 0 Å². The van der Waals surface area contributed by atoms with Crippen molar-refractivity contribution in [1.29, 1.82) is 0 Å². The van der Waals surface area contributed by atoms with Crippen molar-refractivity contribution >= 4 is 6.29 Å². The Morgan fingerprint density at radius 3 is 2.58 bits per heavy atom. The van der Waals surface area contributed by atoms with E-state index in [1.54, 1.807) is 0 Å². The van der Waals surface area contributed by atoms with Gasteiger partial charge in [-0.3, -0.25) is 0 Å². The van der Waals surface area contributed by atoms with Crippen LogP contribution >= 0.6 is 0 Å². The van der Waals surface area contributed by atoms with E-state index in [4.69, 9.17) is 0 Å². The summed E-state index contributed by atoms with van der Waals surface area (Å²) in [7, 11) is 0. The molecule has 0 aliphatic heterocycles. The zero-order chi connectivity index (χ0) is 8.44. The van der Waals surface area contributed by atoms with Crippen molar-refractivity contribution in [1.82, 2.24) is 0 Å². The van der Waals surface area contributed by atoms with E-state index in [1.807, 2.05) is 0 Å². The Bertz CT molecular complexity index is 176. The molecule has 0 spiro atoms. The highest BCUT2D eigenvalue weighted by molar-refractivity contribution is 5.60. The zero-order valence-corrected chi connectivity index (χ0v) is 7.72. The van der Waals surface area contributed by atoms with Crippen molar-refractivity contribution in [3.05, 3.63) is 0 Å². The summed E-state index contributed by atoms with van der Waals surface area (Å²) < 4.78 is 0. The molecule has 2 fully saturated rings. The van der Waals surface area contributed by atoms with Crippen LogP contribution in [0.1, 0.15) is 51.4 Å². The SMILES string of the molecule is O=CC12CCCCCC1CCC2. The molecular formula is C11H18O. The molecule has 0 bridgehead atoms. The van der Waals surface area contributed by atoms with Gasteiger partial charge in [0, 0.05) is 5.41 Å². The summed E-state index contributed by atoms with van der Waals surface area (Å²) in [6.45, 7) is 0. The number of carbonyl (C=O) groups excluding carboxylic acids is 1. The fourth-order valence-electron chi connectivity index (χ4n) is 3.17. The Hall–Kier alpha value is -0.330. The molecule has 0 heterocycles. The molecule has 1 nitrogen and oxygen atoms in total. The first-order valence-electron chi connectivity index (χ1n) is 5.34. The Morgan fingerprint density at radius 2 is 1.75 bits per heavy atom. The fourth-order valence-corrected chi connectivity index (χ4v) is 3.17. The fraction of sp³-hybridized carbons (Fsp3) is 0.909. The van der Waals surface area contributed by atoms with Gasteiger partial charge in [-0.2, -0.15) is 0 Å². The standard InChI is InChI=1S/C11H18O/c12-9-11-7-3-1-2-5-10(11)6-4-8-11/h9-10H,1-8H2. The quantitative estimate of drug-likeness (QED) is 0.547. The van der Waals surface area contributed by atoms with Crippen LogP contribution in [0.4, 0.5) is 0 Å². The third-order valence-corrected chi connectivity index (χ3v) is 3.94. The number of rotatable bonds is 1. The first-order chi connectivity index (χ1) is 5.87. The summed E-state index contributed by atoms with van der Waals surface area (Å²) in [5.41, 5.74) is 0.135. The Kier molecular flexibility index (Phi) is 2.20. The van der Waals surface area contributed by atoms with E-state index in [0.717, 1.165) is 5.92 Å². The number of fused-ring (bicyclic) bond motifs is 1. The van der Waals surface area contributed by atoms with Crippen molar-refractivity contribution in [2.24, 2.45) is 11.3 Å². The van der Waals surface area contributed by atoms with Gasteiger partial charge in [0.2, 0.25) is 0 Å². The Morgan fingerprint density at radius 1 is 1.00 bits per heavy atom. The van der Waals surface area contributed by atoms with Crippen molar-refractivity contribution in [2.45, 2.75) is 51.4 Å². The largest absolute Gasteiger partial charge is 0.303 e. The maximum atomic E-state index is 11.1. The van der Waals surface area contributed by atoms with E-state index in [2.05, 4.69) is 0 Å². The van der Waals surface area contributed by atoms with Crippen molar-refractivity contribution in [3.8, 4) is 0 Å². The summed E-state index contributed by atoms with van der Waals surface area (Å²) in [6.07, 6.45) is 11.6. The molecule has 2 rings (SSSR count). The minimum Gasteiger partial charge on any atom is -0.303 e. The highest BCUT2D eigenvalue weighted by Gasteiger charge is 2.42. The molecule has 2 atom stereocenters. The lowest BCUT2D eigenvalue weighted by atomic mass is 9.76. The van der Waals surface area contributed by atoms with E-state index in [-0.39, 0.29) is 5.41 Å². The number of hydrogen-bond acceptors (Lipinski definition) is 1. The second-order valence-corrected chi connectivity index (χ2v) is 4.54. The average molecular weight is 166 g/mol. The summed E-state index contributed by atoms with van der Waals surface area (Å²) in [5, 5.41) is 0. The average Bonchev–Trinajstić information content (AvgIpc) is 2.40. The maximum Gasteiger partial charge on any atom is 0.126 e. The molecule has 2 aliphatic carbocycles. The predicted octanol–water partition coefficient (Wildman–Crippen LogP) is 2.94. The molecule has 1 heteroatoms. The minimum absolute atomic E-state index is 0.135. The lowest BCUT2D eigenvalue weighted by Gasteiger charge is -2.27. The van der Waals surface area contributed by atoms with E-state index in [1.165, 1.54) is 57.7 Å². The second kappa shape index (κ2) is 3.20. The molecule has 0 aromatic heterocycles. The van der Waals surface area contributed by atoms with Gasteiger partial charge in [-0.05, 0) is 31.6 Å². The monoisotopic (exact) mass is 166 g/mol. The van der Waals surface area contributed by atoms with Gasteiger partial charge in [-0.1, -0.05) is 25.7 Å². The van der Waals surface area contributed by atoms with Gasteiger partial charge in [-0.25, -0.2) is 0 Å². The molecule has 68 valence electrons. The molecule has 2 saturated carbocycles. The maximum absolute atomic E-state index is 11.1. The zero-order valence-electron chi connectivity index (χ0n) is 7.72. The van der Waals surface area contributed by atoms with E-state index >= 15 is 0 Å². The molecular weight excluding hydrogens is 148 g/mol. The van der Waals surface area contributed by atoms with Gasteiger partial charge in [0.1, 0.15) is 6.29 Å². The van der Waals surface area contributed by atoms with Gasteiger partial charge >= 0.3 is 0 Å². The van der Waals surface area contributed by atoms with E-state index < -0.39 is 0 Å². The van der Waals surface area contributed by atoms with Crippen LogP contribution in [0.5, 0.6) is 0 Å². The topological polar surface area (TPSA) is 17.1 Å². The third kappa shape index (κ3) is 1.19. The van der Waals surface area contributed by atoms with Crippen LogP contribution in [0.2, 0.25) is 0 Å². The Balaban J connectivity index is 2.17. The number of hydrogen-bond donors (Lipinski definition) is 0. The van der Waals surface area contributed by atoms with Crippen LogP contribution in [0, 0.1) is 11.3 Å². The van der Waals surface area contributed by atoms with Crippen LogP contribution in [-0.4, -0.2) is 6.29 Å². The summed E-state index contributed by atoms with van der Waals surface area (Å²) >= 11 is 0. The smallest absolute Gasteiger partial charge is 0.126 e. The van der Waals surface area contributed by atoms with Gasteiger partial charge in [0.05, 0.1) is 0 Å². The first kappa shape index (κ1) is 8.28. The predicted molar refractivity (Wildman–Crippen MR) is 48.9 cm³/mol. The van der Waals surface area contributed by atoms with Crippen LogP contribution in [0.25, 0.3) is 0 Å². The van der Waals surface area contributed by atoms with Crippen LogP contribution in [-0.2, 0) is 4.79 Å². The molecule has 2 unspecified atom stereocenters. The van der Waals surface area contributed by atoms with Gasteiger partial charge in [-0.15, -0.1) is 0 Å². The minimum atomic E-state index is 0.135. The molecule has 0 aromatic carbocycles. The van der Waals surface area contributed by atoms with Crippen molar-refractivity contribution in [3.63, 3.8) is 0 Å². The Labute approximate surface area is 74.5 Å². The van der Waals surface area contributed by atoms with Crippen LogP contribution in [0.3, 0.4) is 0 Å². The summed E-state index contributed by atoms with van der Waals surface area (Å²) in [4.78, 5) is 11.1. The van der Waals surface area contributed by atoms with Gasteiger partial charge in [0.15, 0.2) is 0 Å². The highest BCUT2D eigenvalue weighted by atomic mass is 16.1. The molecule has 0 aromatic rings. The van der Waals surface area contributed by atoms with Crippen molar-refractivity contribution in [2.75, 3.05) is 0 Å². The van der Waals surface area contributed by atoms with Crippen molar-refractivity contribution < 1.29 is 4.79 Å². The molecule has 0 N–H and O–H groups in total. The normalized spacial score (nSPS) is 41.8. The summed E-state index contributed by atoms with van der Waals surface area (Å²) in [5.74, 6) is 0.748. The van der Waals surface area contributed by atoms with Crippen LogP contribution in [0.15, 0.2) is 0 Å². The molecule has 0 saturated heterocycles. The number of carbonyl (C=O) groups is 1. The van der Waals surface area contributed by atoms with E-state index in [9.17, 15) is 4.79 Å². The third-order valence-electron chi connectivity index (χ3n) is 3.94. The number of aldehydes is 1. The van der Waals surface area contributed by atoms with Crippen LogP contribution < -0.4 is 0 Å². The second-order valence-electron chi connectivity index (χ2n) is 4.54. The molecule has 12 heavy (non-hydrogen) atoms. The lowest BCUT2D eigenvalue weighted by Crippen LogP contribution is -2.25. The molecule has 0 radical (unpaired) electrons. The highest BCUT2D eigenvalue weighted by Crippen LogP contribution is 2.49. The summed E-state index contributed by atoms with van der Waals surface area (Å²) in [6, 6.07) is 0. The lowest BCUT2D eigenvalue weighted by molar-refractivity contribution is -0.118. The van der Waals surface area contributed by atoms with E-state index in [0.29, 0.717) is 0 Å². The first-order valence-corrected chi connectivity index (χ1v) is 5.34. The van der Waals surface area contributed by atoms with Gasteiger partial charge < -0.3 is 4.79 Å². The molecule has 2 aliphatic rings. The molecule has 0 amide bonds.